The second-order valence-electron chi connectivity index (χ2n) is 7.77. The summed E-state index contributed by atoms with van der Waals surface area (Å²) >= 11 is 0. The van der Waals surface area contributed by atoms with Crippen molar-refractivity contribution in [3.63, 3.8) is 0 Å². The molecule has 0 unspecified atom stereocenters. The summed E-state index contributed by atoms with van der Waals surface area (Å²) in [6.07, 6.45) is 3.57. The molecular formula is C18H36N4O4S. The molecule has 1 saturated carbocycles. The van der Waals surface area contributed by atoms with Crippen molar-refractivity contribution in [2.75, 3.05) is 65.8 Å². The summed E-state index contributed by atoms with van der Waals surface area (Å²) < 4.78 is 37.1. The monoisotopic (exact) mass is 404 g/mol. The van der Waals surface area contributed by atoms with E-state index in [9.17, 15) is 8.42 Å². The van der Waals surface area contributed by atoms with Crippen LogP contribution in [0.4, 0.5) is 0 Å². The van der Waals surface area contributed by atoms with Crippen LogP contribution in [0.25, 0.3) is 0 Å². The van der Waals surface area contributed by atoms with Crippen molar-refractivity contribution in [3.8, 4) is 0 Å². The van der Waals surface area contributed by atoms with Gasteiger partial charge < -0.3 is 19.7 Å². The Hall–Kier alpha value is -0.900. The zero-order valence-corrected chi connectivity index (χ0v) is 18.1. The number of guanidine groups is 1. The predicted molar refractivity (Wildman–Crippen MR) is 108 cm³/mol. The second kappa shape index (κ2) is 10.0. The first-order valence-corrected chi connectivity index (χ1v) is 11.5. The Morgan fingerprint density at radius 1 is 1.19 bits per heavy atom. The molecule has 8 nitrogen and oxygen atoms in total. The summed E-state index contributed by atoms with van der Waals surface area (Å²) in [5, 5.41) is 3.48. The van der Waals surface area contributed by atoms with Gasteiger partial charge in [0, 0.05) is 53.5 Å². The van der Waals surface area contributed by atoms with Gasteiger partial charge in [0.15, 0.2) is 5.96 Å². The molecule has 1 heterocycles. The number of rotatable bonds is 10. The summed E-state index contributed by atoms with van der Waals surface area (Å²) in [6, 6.07) is 0. The summed E-state index contributed by atoms with van der Waals surface area (Å²) in [6.45, 7) is 8.01. The summed E-state index contributed by atoms with van der Waals surface area (Å²) in [4.78, 5) is 6.53. The molecule has 0 aromatic carbocycles. The van der Waals surface area contributed by atoms with Crippen molar-refractivity contribution in [2.45, 2.75) is 39.2 Å². The number of hydrogen-bond acceptors (Lipinski definition) is 5. The third-order valence-electron chi connectivity index (χ3n) is 5.35. The van der Waals surface area contributed by atoms with Gasteiger partial charge in [-0.1, -0.05) is 0 Å². The molecule has 0 radical (unpaired) electrons. The van der Waals surface area contributed by atoms with Crippen molar-refractivity contribution in [1.29, 1.82) is 0 Å². The fraction of sp³-hybridized carbons (Fsp3) is 0.944. The van der Waals surface area contributed by atoms with Crippen LogP contribution < -0.4 is 5.32 Å². The Morgan fingerprint density at radius 2 is 1.85 bits per heavy atom. The van der Waals surface area contributed by atoms with Gasteiger partial charge in [-0.25, -0.2) is 8.42 Å². The summed E-state index contributed by atoms with van der Waals surface area (Å²) in [7, 11) is 0.259. The van der Waals surface area contributed by atoms with Gasteiger partial charge in [-0.05, 0) is 38.5 Å². The second-order valence-corrected chi connectivity index (χ2v) is 9.85. The molecule has 2 rings (SSSR count). The number of ether oxygens (including phenoxy) is 2. The predicted octanol–water partition coefficient (Wildman–Crippen LogP) is 0.751. The molecule has 1 N–H and O–H groups in total. The highest BCUT2D eigenvalue weighted by Gasteiger charge is 2.42. The van der Waals surface area contributed by atoms with E-state index in [1.165, 1.54) is 12.8 Å². The van der Waals surface area contributed by atoms with Gasteiger partial charge >= 0.3 is 0 Å². The van der Waals surface area contributed by atoms with E-state index in [0.29, 0.717) is 31.6 Å². The van der Waals surface area contributed by atoms with E-state index < -0.39 is 10.0 Å². The lowest BCUT2D eigenvalue weighted by Crippen LogP contribution is -2.54. The lowest BCUT2D eigenvalue weighted by Gasteiger charge is -2.36. The minimum Gasteiger partial charge on any atom is -0.385 e. The highest BCUT2D eigenvalue weighted by atomic mass is 32.2. The first kappa shape index (κ1) is 22.4. The standard InChI is InChI=1S/C18H36N4O4S/c1-16(2)26-13-14-27(23,24)22-10-8-21(9-11-22)17(19-3)20-15-18(5-6-18)7-12-25-4/h16H,5-15H2,1-4H3,(H,19,20). The Bertz CT molecular complexity index is 582. The first-order valence-electron chi connectivity index (χ1n) is 9.86. The Balaban J connectivity index is 1.78. The maximum atomic E-state index is 12.4. The van der Waals surface area contributed by atoms with Crippen LogP contribution in [-0.4, -0.2) is 95.5 Å². The molecule has 2 fully saturated rings. The van der Waals surface area contributed by atoms with Gasteiger partial charge in [0.25, 0.3) is 0 Å². The third kappa shape index (κ3) is 6.89. The molecular weight excluding hydrogens is 368 g/mol. The van der Waals surface area contributed by atoms with Crippen LogP contribution in [0.5, 0.6) is 0 Å². The number of methoxy groups -OCH3 is 1. The number of nitrogens with one attached hydrogen (secondary N) is 1. The van der Waals surface area contributed by atoms with Crippen molar-refractivity contribution in [1.82, 2.24) is 14.5 Å². The van der Waals surface area contributed by atoms with E-state index in [1.54, 1.807) is 18.5 Å². The van der Waals surface area contributed by atoms with Gasteiger partial charge in [-0.15, -0.1) is 0 Å². The number of aliphatic imine (C=N–C) groups is 1. The molecule has 1 saturated heterocycles. The average Bonchev–Trinajstić information content (AvgIpc) is 3.40. The minimum atomic E-state index is -3.26. The third-order valence-corrected chi connectivity index (χ3v) is 7.19. The Labute approximate surface area is 164 Å². The molecule has 1 aliphatic carbocycles. The quantitative estimate of drug-likeness (QED) is 0.427. The van der Waals surface area contributed by atoms with Gasteiger partial charge in [0.1, 0.15) is 0 Å². The molecule has 0 aromatic heterocycles. The Morgan fingerprint density at radius 3 is 2.37 bits per heavy atom. The van der Waals surface area contributed by atoms with Crippen molar-refractivity contribution in [3.05, 3.63) is 0 Å². The number of piperazine rings is 1. The first-order chi connectivity index (χ1) is 12.8. The van der Waals surface area contributed by atoms with Crippen LogP contribution in [0.2, 0.25) is 0 Å². The normalized spacial score (nSPS) is 20.9. The van der Waals surface area contributed by atoms with Gasteiger partial charge in [-0.3, -0.25) is 4.99 Å². The molecule has 2 aliphatic rings. The minimum absolute atomic E-state index is 0.0418. The smallest absolute Gasteiger partial charge is 0.216 e. The zero-order valence-electron chi connectivity index (χ0n) is 17.2. The van der Waals surface area contributed by atoms with E-state index >= 15 is 0 Å². The summed E-state index contributed by atoms with van der Waals surface area (Å²) in [5.74, 6) is 0.902. The van der Waals surface area contributed by atoms with E-state index in [2.05, 4.69) is 15.2 Å². The maximum Gasteiger partial charge on any atom is 0.216 e. The zero-order chi connectivity index (χ0) is 19.9. The lowest BCUT2D eigenvalue weighted by atomic mass is 10.0. The topological polar surface area (TPSA) is 83.5 Å². The van der Waals surface area contributed by atoms with Gasteiger partial charge in [-0.2, -0.15) is 4.31 Å². The number of nitrogens with zero attached hydrogens (tertiary/aromatic N) is 3. The van der Waals surface area contributed by atoms with Gasteiger partial charge in [0.2, 0.25) is 10.0 Å². The van der Waals surface area contributed by atoms with Crippen LogP contribution in [0.1, 0.15) is 33.1 Å². The molecule has 158 valence electrons. The molecule has 0 amide bonds. The molecule has 0 spiro atoms. The van der Waals surface area contributed by atoms with Crippen LogP contribution in [0.3, 0.4) is 0 Å². The van der Waals surface area contributed by atoms with Gasteiger partial charge in [0.05, 0.1) is 18.5 Å². The number of sulfonamides is 1. The van der Waals surface area contributed by atoms with E-state index in [0.717, 1.165) is 25.5 Å². The van der Waals surface area contributed by atoms with Crippen LogP contribution in [0, 0.1) is 5.41 Å². The molecule has 0 atom stereocenters. The molecule has 0 bridgehead atoms. The number of hydrogen-bond donors (Lipinski definition) is 1. The van der Waals surface area contributed by atoms with Crippen molar-refractivity contribution >= 4 is 16.0 Å². The van der Waals surface area contributed by atoms with E-state index in [4.69, 9.17) is 9.47 Å². The van der Waals surface area contributed by atoms with Crippen LogP contribution in [0.15, 0.2) is 4.99 Å². The fourth-order valence-electron chi connectivity index (χ4n) is 3.31. The van der Waals surface area contributed by atoms with E-state index in [1.807, 2.05) is 13.8 Å². The van der Waals surface area contributed by atoms with Crippen LogP contribution in [-0.2, 0) is 19.5 Å². The fourth-order valence-corrected chi connectivity index (χ4v) is 4.59. The highest BCUT2D eigenvalue weighted by molar-refractivity contribution is 7.89. The SMILES string of the molecule is CN=C(NCC1(CCOC)CC1)N1CCN(S(=O)(=O)CCOC(C)C)CC1. The summed E-state index contributed by atoms with van der Waals surface area (Å²) in [5.41, 5.74) is 0.341. The largest absolute Gasteiger partial charge is 0.385 e. The average molecular weight is 405 g/mol. The lowest BCUT2D eigenvalue weighted by molar-refractivity contribution is 0.0904. The molecule has 1 aliphatic heterocycles. The molecule has 0 aromatic rings. The van der Waals surface area contributed by atoms with Crippen molar-refractivity contribution in [2.24, 2.45) is 10.4 Å². The van der Waals surface area contributed by atoms with E-state index in [-0.39, 0.29) is 18.5 Å². The maximum absolute atomic E-state index is 12.4. The van der Waals surface area contributed by atoms with Crippen molar-refractivity contribution < 1.29 is 17.9 Å². The Kier molecular flexibility index (Phi) is 8.33. The highest BCUT2D eigenvalue weighted by Crippen LogP contribution is 2.48. The van der Waals surface area contributed by atoms with Crippen LogP contribution >= 0.6 is 0 Å². The molecule has 9 heteroatoms. The molecule has 27 heavy (non-hydrogen) atoms.